The minimum Gasteiger partial charge on any atom is -0.483 e. The highest BCUT2D eigenvalue weighted by Gasteiger charge is 2.20. The number of alkyl carbamates (subject to hydrolysis) is 1. The summed E-state index contributed by atoms with van der Waals surface area (Å²) < 4.78 is 10.9. The van der Waals surface area contributed by atoms with Crippen molar-refractivity contribution in [3.63, 3.8) is 0 Å². The van der Waals surface area contributed by atoms with E-state index in [-0.39, 0.29) is 36.8 Å². The summed E-state index contributed by atoms with van der Waals surface area (Å²) in [5.74, 6) is 0.0941. The van der Waals surface area contributed by atoms with E-state index in [1.807, 2.05) is 19.1 Å². The van der Waals surface area contributed by atoms with Crippen LogP contribution < -0.4 is 20.7 Å². The van der Waals surface area contributed by atoms with Crippen molar-refractivity contribution in [2.45, 2.75) is 65.9 Å². The third-order valence-electron chi connectivity index (χ3n) is 4.75. The van der Waals surface area contributed by atoms with Crippen molar-refractivity contribution in [2.24, 2.45) is 0 Å². The number of ether oxygens (including phenoxy) is 2. The number of aryl methyl sites for hydroxylation is 1. The van der Waals surface area contributed by atoms with E-state index >= 15 is 0 Å². The van der Waals surface area contributed by atoms with Gasteiger partial charge in [0.15, 0.2) is 6.61 Å². The van der Waals surface area contributed by atoms with E-state index in [0.717, 1.165) is 11.1 Å². The molecule has 0 radical (unpaired) electrons. The van der Waals surface area contributed by atoms with Gasteiger partial charge in [0.05, 0.1) is 0 Å². The minimum atomic E-state index is -0.600. The van der Waals surface area contributed by atoms with Crippen LogP contribution in [-0.2, 0) is 19.7 Å². The van der Waals surface area contributed by atoms with Crippen LogP contribution in [0.2, 0.25) is 0 Å². The van der Waals surface area contributed by atoms with Gasteiger partial charge in [0.1, 0.15) is 11.4 Å². The highest BCUT2D eigenvalue weighted by molar-refractivity contribution is 5.94. The van der Waals surface area contributed by atoms with E-state index < -0.39 is 11.7 Å². The molecule has 0 bridgehead atoms. The first-order valence-electron chi connectivity index (χ1n) is 11.6. The Morgan fingerprint density at radius 3 is 2.09 bits per heavy atom. The third kappa shape index (κ3) is 10.1. The zero-order valence-electron chi connectivity index (χ0n) is 21.7. The van der Waals surface area contributed by atoms with Crippen molar-refractivity contribution in [3.8, 4) is 5.75 Å². The number of carbonyl (C=O) groups excluding carboxylic acids is 3. The lowest BCUT2D eigenvalue weighted by Gasteiger charge is -2.23. The molecule has 0 heterocycles. The molecule has 2 rings (SSSR count). The molecule has 0 atom stereocenters. The second kappa shape index (κ2) is 11.7. The number of hydrogen-bond donors (Lipinski definition) is 3. The second-order valence-corrected chi connectivity index (χ2v) is 10.4. The fourth-order valence-electron chi connectivity index (χ4n) is 3.19. The van der Waals surface area contributed by atoms with Gasteiger partial charge >= 0.3 is 6.09 Å². The summed E-state index contributed by atoms with van der Waals surface area (Å²) in [6.07, 6.45) is -0.492. The van der Waals surface area contributed by atoms with Gasteiger partial charge in [0, 0.05) is 24.3 Å². The van der Waals surface area contributed by atoms with E-state index in [1.165, 1.54) is 0 Å². The van der Waals surface area contributed by atoms with Gasteiger partial charge in [0.2, 0.25) is 5.91 Å². The smallest absolute Gasteiger partial charge is 0.407 e. The van der Waals surface area contributed by atoms with Crippen LogP contribution in [-0.4, -0.2) is 36.7 Å². The Morgan fingerprint density at radius 1 is 0.857 bits per heavy atom. The number of carbonyl (C=O) groups is 3. The number of anilines is 2. The molecule has 0 saturated heterocycles. The summed E-state index contributed by atoms with van der Waals surface area (Å²) in [6.45, 7) is 13.6. The quantitative estimate of drug-likeness (QED) is 0.481. The maximum atomic E-state index is 12.5. The third-order valence-corrected chi connectivity index (χ3v) is 4.75. The lowest BCUT2D eigenvalue weighted by molar-refractivity contribution is -0.118. The molecule has 0 spiro atoms. The molecule has 2 aromatic carbocycles. The largest absolute Gasteiger partial charge is 0.483 e. The monoisotopic (exact) mass is 483 g/mol. The molecule has 190 valence electrons. The SMILES string of the molecule is Cc1ccc(OCC(=O)Nc2cccc(NC(=O)CCNC(=O)OC(C)(C)C)c2)c(C(C)(C)C)c1. The van der Waals surface area contributed by atoms with Crippen molar-refractivity contribution in [1.82, 2.24) is 5.32 Å². The Balaban J connectivity index is 1.86. The zero-order chi connectivity index (χ0) is 26.2. The molecule has 0 fully saturated rings. The molecule has 0 aliphatic carbocycles. The van der Waals surface area contributed by atoms with Gasteiger partial charge in [-0.25, -0.2) is 4.79 Å². The van der Waals surface area contributed by atoms with Gasteiger partial charge in [-0.05, 0) is 62.9 Å². The Morgan fingerprint density at radius 2 is 1.49 bits per heavy atom. The average molecular weight is 484 g/mol. The molecule has 0 unspecified atom stereocenters. The van der Waals surface area contributed by atoms with Crippen LogP contribution >= 0.6 is 0 Å². The van der Waals surface area contributed by atoms with Crippen molar-refractivity contribution >= 4 is 29.3 Å². The molecule has 8 heteroatoms. The molecular weight excluding hydrogens is 446 g/mol. The number of nitrogens with one attached hydrogen (secondary N) is 3. The van der Waals surface area contributed by atoms with Crippen molar-refractivity contribution in [1.29, 1.82) is 0 Å². The first-order valence-corrected chi connectivity index (χ1v) is 11.6. The van der Waals surface area contributed by atoms with Crippen molar-refractivity contribution in [3.05, 3.63) is 53.6 Å². The zero-order valence-corrected chi connectivity index (χ0v) is 21.7. The molecule has 8 nitrogen and oxygen atoms in total. The highest BCUT2D eigenvalue weighted by Crippen LogP contribution is 2.32. The molecular formula is C27H37N3O5. The van der Waals surface area contributed by atoms with Crippen molar-refractivity contribution < 1.29 is 23.9 Å². The Labute approximate surface area is 207 Å². The van der Waals surface area contributed by atoms with Gasteiger partial charge < -0.3 is 25.4 Å². The van der Waals surface area contributed by atoms with Gasteiger partial charge in [-0.3, -0.25) is 9.59 Å². The fourth-order valence-corrected chi connectivity index (χ4v) is 3.19. The van der Waals surface area contributed by atoms with E-state index in [1.54, 1.807) is 45.0 Å². The fraction of sp³-hybridized carbons (Fsp3) is 0.444. The maximum absolute atomic E-state index is 12.5. The summed E-state index contributed by atoms with van der Waals surface area (Å²) in [5, 5.41) is 8.08. The minimum absolute atomic E-state index is 0.0797. The lowest BCUT2D eigenvalue weighted by atomic mass is 9.85. The van der Waals surface area contributed by atoms with Crippen LogP contribution in [0, 0.1) is 6.92 Å². The van der Waals surface area contributed by atoms with E-state index in [9.17, 15) is 14.4 Å². The molecule has 3 N–H and O–H groups in total. The predicted molar refractivity (Wildman–Crippen MR) is 138 cm³/mol. The maximum Gasteiger partial charge on any atom is 0.407 e. The predicted octanol–water partition coefficient (Wildman–Crippen LogP) is 5.16. The molecule has 0 saturated carbocycles. The number of amides is 3. The summed E-state index contributed by atoms with van der Waals surface area (Å²) in [4.78, 5) is 36.3. The molecule has 0 aliphatic rings. The summed E-state index contributed by atoms with van der Waals surface area (Å²) in [5.41, 5.74) is 2.51. The number of benzene rings is 2. The summed E-state index contributed by atoms with van der Waals surface area (Å²) in [6, 6.07) is 12.7. The molecule has 35 heavy (non-hydrogen) atoms. The Hall–Kier alpha value is -3.55. The Kier molecular flexibility index (Phi) is 9.28. The van der Waals surface area contributed by atoms with E-state index in [0.29, 0.717) is 17.1 Å². The van der Waals surface area contributed by atoms with Crippen LogP contribution in [0.3, 0.4) is 0 Å². The van der Waals surface area contributed by atoms with Crippen LogP contribution in [0.5, 0.6) is 5.75 Å². The lowest BCUT2D eigenvalue weighted by Crippen LogP contribution is -2.34. The first-order chi connectivity index (χ1) is 16.2. The van der Waals surface area contributed by atoms with Gasteiger partial charge in [-0.15, -0.1) is 0 Å². The average Bonchev–Trinajstić information content (AvgIpc) is 2.71. The molecule has 2 aromatic rings. The standard InChI is InChI=1S/C27H37N3O5/c1-18-11-12-22(21(15-18)26(2,3)4)34-17-24(32)30-20-10-8-9-19(16-20)29-23(31)13-14-28-25(33)35-27(5,6)7/h8-12,15-16H,13-14,17H2,1-7H3,(H,28,33)(H,29,31)(H,30,32). The van der Waals surface area contributed by atoms with E-state index in [2.05, 4.69) is 42.8 Å². The van der Waals surface area contributed by atoms with Crippen LogP contribution in [0.25, 0.3) is 0 Å². The van der Waals surface area contributed by atoms with Gasteiger partial charge in [-0.1, -0.05) is 44.5 Å². The second-order valence-electron chi connectivity index (χ2n) is 10.4. The van der Waals surface area contributed by atoms with Crippen molar-refractivity contribution in [2.75, 3.05) is 23.8 Å². The van der Waals surface area contributed by atoms with Gasteiger partial charge in [-0.2, -0.15) is 0 Å². The topological polar surface area (TPSA) is 106 Å². The highest BCUT2D eigenvalue weighted by atomic mass is 16.6. The molecule has 3 amide bonds. The first kappa shape index (κ1) is 27.7. The molecule has 0 aromatic heterocycles. The molecule has 0 aliphatic heterocycles. The number of hydrogen-bond acceptors (Lipinski definition) is 5. The van der Waals surface area contributed by atoms with E-state index in [4.69, 9.17) is 9.47 Å². The van der Waals surface area contributed by atoms with Crippen LogP contribution in [0.15, 0.2) is 42.5 Å². The Bertz CT molecular complexity index is 1050. The summed E-state index contributed by atoms with van der Waals surface area (Å²) >= 11 is 0. The van der Waals surface area contributed by atoms with Crippen LogP contribution in [0.1, 0.15) is 59.1 Å². The summed E-state index contributed by atoms with van der Waals surface area (Å²) in [7, 11) is 0. The van der Waals surface area contributed by atoms with Crippen LogP contribution in [0.4, 0.5) is 16.2 Å². The van der Waals surface area contributed by atoms with Gasteiger partial charge in [0.25, 0.3) is 5.91 Å². The normalized spacial score (nSPS) is 11.4. The number of rotatable bonds is 8.